The van der Waals surface area contributed by atoms with E-state index in [1.165, 1.54) is 11.8 Å². The molecule has 0 spiro atoms. The van der Waals surface area contributed by atoms with Crippen molar-refractivity contribution in [3.63, 3.8) is 0 Å². The van der Waals surface area contributed by atoms with E-state index < -0.39 is 23.3 Å². The standard InChI is InChI=1S/C19H32N2O6S/c1-13(14(2)23)16(25)28-10-8-20-15(24)7-9-21(12-22)17-18(3,4)11-26-19(5,6)27-17/h12-13,17H,7-11H2,1-6H3,(H,20,24)/t13?,17-/m1/s1. The highest BCUT2D eigenvalue weighted by Gasteiger charge is 2.44. The maximum Gasteiger partial charge on any atom is 0.221 e. The molecule has 1 aliphatic rings. The van der Waals surface area contributed by atoms with Crippen molar-refractivity contribution in [3.05, 3.63) is 0 Å². The van der Waals surface area contributed by atoms with Crippen molar-refractivity contribution in [3.8, 4) is 0 Å². The third kappa shape index (κ3) is 7.52. The van der Waals surface area contributed by atoms with Crippen LogP contribution in [0.25, 0.3) is 0 Å². The highest BCUT2D eigenvalue weighted by molar-refractivity contribution is 8.13. The molecule has 9 heteroatoms. The zero-order chi connectivity index (χ0) is 21.5. The van der Waals surface area contributed by atoms with E-state index in [1.807, 2.05) is 13.8 Å². The van der Waals surface area contributed by atoms with Crippen molar-refractivity contribution in [2.45, 2.75) is 60.0 Å². The molecule has 0 aromatic carbocycles. The molecule has 1 heterocycles. The predicted octanol–water partition coefficient (Wildman–Crippen LogP) is 1.57. The summed E-state index contributed by atoms with van der Waals surface area (Å²) < 4.78 is 11.6. The molecule has 8 nitrogen and oxygen atoms in total. The topological polar surface area (TPSA) is 102 Å². The van der Waals surface area contributed by atoms with Gasteiger partial charge in [-0.1, -0.05) is 25.6 Å². The number of rotatable bonds is 10. The Kier molecular flexibility index (Phi) is 9.10. The number of carbonyl (C=O) groups is 4. The second-order valence-electron chi connectivity index (χ2n) is 8.09. The molecule has 1 fully saturated rings. The number of nitrogens with one attached hydrogen (secondary N) is 1. The van der Waals surface area contributed by atoms with E-state index in [9.17, 15) is 19.2 Å². The Morgan fingerprint density at radius 3 is 2.50 bits per heavy atom. The lowest BCUT2D eigenvalue weighted by Gasteiger charge is -2.48. The average Bonchev–Trinajstić information content (AvgIpc) is 2.61. The van der Waals surface area contributed by atoms with Crippen LogP contribution in [0.15, 0.2) is 0 Å². The third-order valence-electron chi connectivity index (χ3n) is 4.52. The lowest BCUT2D eigenvalue weighted by molar-refractivity contribution is -0.336. The summed E-state index contributed by atoms with van der Waals surface area (Å²) in [5.74, 6) is -1.43. The number of thioether (sulfide) groups is 1. The van der Waals surface area contributed by atoms with Crippen LogP contribution >= 0.6 is 11.8 Å². The van der Waals surface area contributed by atoms with Crippen LogP contribution in [0.1, 0.15) is 48.0 Å². The number of carbonyl (C=O) groups excluding carboxylic acids is 4. The first-order valence-electron chi connectivity index (χ1n) is 9.36. The summed E-state index contributed by atoms with van der Waals surface area (Å²) in [7, 11) is 0. The molecule has 0 saturated carbocycles. The fourth-order valence-electron chi connectivity index (χ4n) is 2.59. The minimum Gasteiger partial charge on any atom is -0.355 e. The Bertz CT molecular complexity index is 593. The van der Waals surface area contributed by atoms with Gasteiger partial charge in [-0.3, -0.25) is 19.2 Å². The second-order valence-corrected chi connectivity index (χ2v) is 9.19. The van der Waals surface area contributed by atoms with Crippen molar-refractivity contribution < 1.29 is 28.7 Å². The van der Waals surface area contributed by atoms with Gasteiger partial charge in [0.15, 0.2) is 10.9 Å². The first-order valence-corrected chi connectivity index (χ1v) is 10.3. The van der Waals surface area contributed by atoms with E-state index in [4.69, 9.17) is 9.47 Å². The molecule has 2 amide bonds. The predicted molar refractivity (Wildman–Crippen MR) is 106 cm³/mol. The van der Waals surface area contributed by atoms with Gasteiger partial charge in [0.2, 0.25) is 12.3 Å². The summed E-state index contributed by atoms with van der Waals surface area (Å²) in [6.45, 7) is 11.4. The average molecular weight is 417 g/mol. The summed E-state index contributed by atoms with van der Waals surface area (Å²) in [5, 5.41) is 2.52. The minimum atomic E-state index is -0.801. The van der Waals surface area contributed by atoms with Gasteiger partial charge in [-0.2, -0.15) is 0 Å². The molecule has 0 bridgehead atoms. The Balaban J connectivity index is 2.42. The SMILES string of the molecule is CC(=O)C(C)C(=O)SCCNC(=O)CCN(C=O)[C@@H]1OC(C)(C)OCC1(C)C. The van der Waals surface area contributed by atoms with E-state index >= 15 is 0 Å². The van der Waals surface area contributed by atoms with E-state index in [0.717, 1.165) is 11.8 Å². The summed E-state index contributed by atoms with van der Waals surface area (Å²) in [4.78, 5) is 48.0. The molecule has 0 radical (unpaired) electrons. The van der Waals surface area contributed by atoms with Gasteiger partial charge in [-0.25, -0.2) is 0 Å². The number of nitrogens with zero attached hydrogens (tertiary/aromatic N) is 1. The molecule has 2 atom stereocenters. The first-order chi connectivity index (χ1) is 12.9. The van der Waals surface area contributed by atoms with E-state index in [0.29, 0.717) is 25.3 Å². The van der Waals surface area contributed by atoms with Crippen LogP contribution in [0.2, 0.25) is 0 Å². The number of Topliss-reactive ketones (excluding diaryl/α,β-unsaturated/α-hetero) is 1. The van der Waals surface area contributed by atoms with Gasteiger partial charge >= 0.3 is 0 Å². The highest BCUT2D eigenvalue weighted by Crippen LogP contribution is 2.36. The van der Waals surface area contributed by atoms with Gasteiger partial charge in [-0.15, -0.1) is 0 Å². The van der Waals surface area contributed by atoms with Crippen LogP contribution in [0.4, 0.5) is 0 Å². The molecule has 1 saturated heterocycles. The Hall–Kier alpha value is -1.45. The monoisotopic (exact) mass is 416 g/mol. The summed E-state index contributed by atoms with van der Waals surface area (Å²) in [6, 6.07) is 0. The molecule has 0 aromatic rings. The Morgan fingerprint density at radius 1 is 1.29 bits per heavy atom. The molecular weight excluding hydrogens is 384 g/mol. The van der Waals surface area contributed by atoms with Gasteiger partial charge in [-0.05, 0) is 27.7 Å². The summed E-state index contributed by atoms with van der Waals surface area (Å²) in [5.41, 5.74) is -0.405. The quantitative estimate of drug-likeness (QED) is 0.328. The maximum atomic E-state index is 12.1. The number of hydrogen-bond donors (Lipinski definition) is 1. The van der Waals surface area contributed by atoms with Crippen molar-refractivity contribution in [1.82, 2.24) is 10.2 Å². The maximum absolute atomic E-state index is 12.1. The molecule has 28 heavy (non-hydrogen) atoms. The molecule has 1 aliphatic heterocycles. The highest BCUT2D eigenvalue weighted by atomic mass is 32.2. The molecule has 0 aliphatic carbocycles. The zero-order valence-electron chi connectivity index (χ0n) is 17.6. The van der Waals surface area contributed by atoms with Crippen LogP contribution < -0.4 is 5.32 Å². The normalized spacial score (nSPS) is 21.4. The fraction of sp³-hybridized carbons (Fsp3) is 0.789. The molecule has 160 valence electrons. The van der Waals surface area contributed by atoms with Gasteiger partial charge in [0.05, 0.1) is 12.5 Å². The number of ketones is 1. The smallest absolute Gasteiger partial charge is 0.221 e. The van der Waals surface area contributed by atoms with E-state index in [1.54, 1.807) is 20.8 Å². The van der Waals surface area contributed by atoms with Crippen molar-refractivity contribution in [2.75, 3.05) is 25.4 Å². The fourth-order valence-corrected chi connectivity index (χ4v) is 3.41. The van der Waals surface area contributed by atoms with Gasteiger partial charge < -0.3 is 19.7 Å². The minimum absolute atomic E-state index is 0.123. The van der Waals surface area contributed by atoms with Crippen LogP contribution in [-0.4, -0.2) is 65.6 Å². The molecular formula is C19H32N2O6S. The van der Waals surface area contributed by atoms with E-state index in [-0.39, 0.29) is 29.8 Å². The van der Waals surface area contributed by atoms with Crippen LogP contribution in [0, 0.1) is 11.3 Å². The number of ether oxygens (including phenoxy) is 2. The van der Waals surface area contributed by atoms with Crippen LogP contribution in [0.5, 0.6) is 0 Å². The molecule has 1 rings (SSSR count). The second kappa shape index (κ2) is 10.4. The van der Waals surface area contributed by atoms with Crippen LogP contribution in [-0.2, 0) is 28.7 Å². The first kappa shape index (κ1) is 24.6. The largest absolute Gasteiger partial charge is 0.355 e. The lowest BCUT2D eigenvalue weighted by Crippen LogP contribution is -2.57. The van der Waals surface area contributed by atoms with Crippen LogP contribution in [0.3, 0.4) is 0 Å². The Morgan fingerprint density at radius 2 is 1.93 bits per heavy atom. The van der Waals surface area contributed by atoms with Crippen molar-refractivity contribution in [2.24, 2.45) is 11.3 Å². The van der Waals surface area contributed by atoms with Gasteiger partial charge in [0.25, 0.3) is 0 Å². The molecule has 1 unspecified atom stereocenters. The Labute approximate surface area is 171 Å². The number of amides is 2. The third-order valence-corrected chi connectivity index (χ3v) is 5.57. The van der Waals surface area contributed by atoms with Gasteiger partial charge in [0, 0.05) is 30.7 Å². The molecule has 0 aromatic heterocycles. The zero-order valence-corrected chi connectivity index (χ0v) is 18.4. The van der Waals surface area contributed by atoms with E-state index in [2.05, 4.69) is 5.32 Å². The summed E-state index contributed by atoms with van der Waals surface area (Å²) >= 11 is 1.03. The molecule has 1 N–H and O–H groups in total. The van der Waals surface area contributed by atoms with Crippen molar-refractivity contribution in [1.29, 1.82) is 0 Å². The lowest BCUT2D eigenvalue weighted by atomic mass is 9.89. The number of hydrogen-bond acceptors (Lipinski definition) is 7. The summed E-state index contributed by atoms with van der Waals surface area (Å²) in [6.07, 6.45) is 0.319. The van der Waals surface area contributed by atoms with Gasteiger partial charge in [0.1, 0.15) is 12.0 Å². The van der Waals surface area contributed by atoms with Crippen molar-refractivity contribution >= 4 is 35.0 Å².